The summed E-state index contributed by atoms with van der Waals surface area (Å²) in [6.07, 6.45) is 1.13. The third kappa shape index (κ3) is 5.22. The molecule has 0 spiro atoms. The number of hydrogen-bond acceptors (Lipinski definition) is 4. The molecule has 2 unspecified atom stereocenters. The predicted molar refractivity (Wildman–Crippen MR) is 75.0 cm³/mol. The van der Waals surface area contributed by atoms with E-state index in [-0.39, 0.29) is 5.54 Å². The average molecular weight is 258 g/mol. The predicted octanol–water partition coefficient (Wildman–Crippen LogP) is 1.50. The molecule has 1 aliphatic heterocycles. The van der Waals surface area contributed by atoms with Gasteiger partial charge in [0.2, 0.25) is 0 Å². The van der Waals surface area contributed by atoms with Crippen LogP contribution in [0.25, 0.3) is 0 Å². The van der Waals surface area contributed by atoms with Crippen LogP contribution in [0.2, 0.25) is 0 Å². The fourth-order valence-corrected chi connectivity index (χ4v) is 2.39. The highest BCUT2D eigenvalue weighted by molar-refractivity contribution is 4.84. The molecule has 1 aliphatic rings. The largest absolute Gasteiger partial charge is 0.383 e. The molecule has 108 valence electrons. The molecule has 0 radical (unpaired) electrons. The first-order valence-corrected chi connectivity index (χ1v) is 7.05. The maximum Gasteiger partial charge on any atom is 0.0630 e. The molecule has 2 atom stereocenters. The zero-order chi connectivity index (χ0) is 13.6. The number of nitrogens with one attached hydrogen (secondary N) is 1. The van der Waals surface area contributed by atoms with Crippen molar-refractivity contribution in [3.05, 3.63) is 0 Å². The van der Waals surface area contributed by atoms with E-state index in [4.69, 9.17) is 9.47 Å². The molecule has 0 amide bonds. The second-order valence-corrected chi connectivity index (χ2v) is 6.11. The van der Waals surface area contributed by atoms with E-state index in [1.807, 2.05) is 0 Å². The lowest BCUT2D eigenvalue weighted by Gasteiger charge is -2.41. The summed E-state index contributed by atoms with van der Waals surface area (Å²) in [6, 6.07) is 0.962. The number of ether oxygens (including phenoxy) is 2. The Bertz CT molecular complexity index is 228. The molecule has 4 nitrogen and oxygen atoms in total. The fraction of sp³-hybridized carbons (Fsp3) is 1.00. The maximum atomic E-state index is 5.57. The minimum absolute atomic E-state index is 0.153. The summed E-state index contributed by atoms with van der Waals surface area (Å²) in [4.78, 5) is 2.55. The molecular weight excluding hydrogens is 228 g/mol. The van der Waals surface area contributed by atoms with Crippen molar-refractivity contribution >= 4 is 0 Å². The van der Waals surface area contributed by atoms with Crippen LogP contribution in [0.4, 0.5) is 0 Å². The SMILES string of the molecule is CCC1COCCN1C(CNC(C)(C)C)COC. The van der Waals surface area contributed by atoms with E-state index >= 15 is 0 Å². The van der Waals surface area contributed by atoms with Gasteiger partial charge in [0.15, 0.2) is 0 Å². The lowest BCUT2D eigenvalue weighted by atomic mass is 10.1. The van der Waals surface area contributed by atoms with E-state index in [1.54, 1.807) is 7.11 Å². The van der Waals surface area contributed by atoms with Crippen LogP contribution in [0.3, 0.4) is 0 Å². The highest BCUT2D eigenvalue weighted by Gasteiger charge is 2.28. The van der Waals surface area contributed by atoms with Crippen molar-refractivity contribution in [2.75, 3.05) is 40.0 Å². The Morgan fingerprint density at radius 1 is 1.44 bits per heavy atom. The summed E-state index contributed by atoms with van der Waals surface area (Å²) in [5.41, 5.74) is 0.153. The second-order valence-electron chi connectivity index (χ2n) is 6.11. The molecule has 1 N–H and O–H groups in total. The number of hydrogen-bond donors (Lipinski definition) is 1. The van der Waals surface area contributed by atoms with Gasteiger partial charge in [-0.05, 0) is 27.2 Å². The van der Waals surface area contributed by atoms with Gasteiger partial charge in [-0.3, -0.25) is 4.90 Å². The van der Waals surface area contributed by atoms with Crippen molar-refractivity contribution in [3.8, 4) is 0 Å². The first-order chi connectivity index (χ1) is 8.48. The van der Waals surface area contributed by atoms with Crippen LogP contribution in [-0.4, -0.2) is 62.5 Å². The first kappa shape index (κ1) is 15.9. The molecule has 1 fully saturated rings. The number of nitrogens with zero attached hydrogens (tertiary/aromatic N) is 1. The Balaban J connectivity index is 2.57. The summed E-state index contributed by atoms with van der Waals surface area (Å²) in [5, 5.41) is 3.59. The number of morpholine rings is 1. The van der Waals surface area contributed by atoms with Crippen molar-refractivity contribution in [1.82, 2.24) is 10.2 Å². The standard InChI is InChI=1S/C14H30N2O2/c1-6-12-11-18-8-7-16(12)13(10-17-5)9-15-14(2,3)4/h12-13,15H,6-11H2,1-5H3. The fourth-order valence-electron chi connectivity index (χ4n) is 2.39. The maximum absolute atomic E-state index is 5.57. The van der Waals surface area contributed by atoms with E-state index in [9.17, 15) is 0 Å². The molecule has 0 aromatic rings. The van der Waals surface area contributed by atoms with Crippen LogP contribution in [0.5, 0.6) is 0 Å². The van der Waals surface area contributed by atoms with Crippen LogP contribution >= 0.6 is 0 Å². The van der Waals surface area contributed by atoms with E-state index in [0.717, 1.165) is 39.3 Å². The van der Waals surface area contributed by atoms with Crippen molar-refractivity contribution in [3.63, 3.8) is 0 Å². The minimum Gasteiger partial charge on any atom is -0.383 e. The summed E-state index contributed by atoms with van der Waals surface area (Å²) >= 11 is 0. The average Bonchev–Trinajstić information content (AvgIpc) is 2.33. The van der Waals surface area contributed by atoms with Gasteiger partial charge < -0.3 is 14.8 Å². The zero-order valence-electron chi connectivity index (χ0n) is 12.7. The lowest BCUT2D eigenvalue weighted by molar-refractivity contribution is -0.0455. The van der Waals surface area contributed by atoms with Crippen LogP contribution in [-0.2, 0) is 9.47 Å². The molecule has 0 aliphatic carbocycles. The second kappa shape index (κ2) is 7.43. The monoisotopic (exact) mass is 258 g/mol. The van der Waals surface area contributed by atoms with Gasteiger partial charge in [-0.1, -0.05) is 6.92 Å². The highest BCUT2D eigenvalue weighted by Crippen LogP contribution is 2.15. The van der Waals surface area contributed by atoms with Gasteiger partial charge in [0, 0.05) is 37.8 Å². The van der Waals surface area contributed by atoms with Gasteiger partial charge in [0.05, 0.1) is 19.8 Å². The molecular formula is C14H30N2O2. The Kier molecular flexibility index (Phi) is 6.57. The molecule has 1 heterocycles. The number of rotatable bonds is 6. The van der Waals surface area contributed by atoms with Crippen molar-refractivity contribution in [2.45, 2.75) is 51.7 Å². The Labute approximate surface area is 112 Å². The topological polar surface area (TPSA) is 33.7 Å². The summed E-state index contributed by atoms with van der Waals surface area (Å²) < 4.78 is 11.0. The van der Waals surface area contributed by atoms with E-state index in [2.05, 4.69) is 37.9 Å². The van der Waals surface area contributed by atoms with Crippen molar-refractivity contribution < 1.29 is 9.47 Å². The van der Waals surface area contributed by atoms with E-state index in [0.29, 0.717) is 12.1 Å². The normalized spacial score (nSPS) is 24.2. The third-order valence-electron chi connectivity index (χ3n) is 3.44. The van der Waals surface area contributed by atoms with Gasteiger partial charge in [0.1, 0.15) is 0 Å². The summed E-state index contributed by atoms with van der Waals surface area (Å²) in [5.74, 6) is 0. The van der Waals surface area contributed by atoms with Crippen LogP contribution < -0.4 is 5.32 Å². The van der Waals surface area contributed by atoms with Crippen LogP contribution in [0, 0.1) is 0 Å². The molecule has 0 bridgehead atoms. The van der Waals surface area contributed by atoms with Gasteiger partial charge in [-0.25, -0.2) is 0 Å². The Morgan fingerprint density at radius 3 is 2.72 bits per heavy atom. The molecule has 18 heavy (non-hydrogen) atoms. The van der Waals surface area contributed by atoms with Crippen molar-refractivity contribution in [1.29, 1.82) is 0 Å². The van der Waals surface area contributed by atoms with Crippen molar-refractivity contribution in [2.24, 2.45) is 0 Å². The third-order valence-corrected chi connectivity index (χ3v) is 3.44. The Morgan fingerprint density at radius 2 is 2.17 bits per heavy atom. The van der Waals surface area contributed by atoms with Crippen LogP contribution in [0.15, 0.2) is 0 Å². The van der Waals surface area contributed by atoms with Gasteiger partial charge >= 0.3 is 0 Å². The number of methoxy groups -OCH3 is 1. The zero-order valence-corrected chi connectivity index (χ0v) is 12.7. The molecule has 1 rings (SSSR count). The highest BCUT2D eigenvalue weighted by atomic mass is 16.5. The molecule has 1 saturated heterocycles. The molecule has 0 saturated carbocycles. The summed E-state index contributed by atoms with van der Waals surface area (Å²) in [6.45, 7) is 13.3. The molecule has 0 aromatic heterocycles. The van der Waals surface area contributed by atoms with Gasteiger partial charge in [0.25, 0.3) is 0 Å². The summed E-state index contributed by atoms with van der Waals surface area (Å²) in [7, 11) is 1.78. The van der Waals surface area contributed by atoms with Gasteiger partial charge in [-0.2, -0.15) is 0 Å². The molecule has 0 aromatic carbocycles. The smallest absolute Gasteiger partial charge is 0.0630 e. The lowest BCUT2D eigenvalue weighted by Crippen LogP contribution is -2.56. The first-order valence-electron chi connectivity index (χ1n) is 7.05. The minimum atomic E-state index is 0.153. The quantitative estimate of drug-likeness (QED) is 0.783. The van der Waals surface area contributed by atoms with E-state index in [1.165, 1.54) is 0 Å². The van der Waals surface area contributed by atoms with E-state index < -0.39 is 0 Å². The Hall–Kier alpha value is -0.160. The van der Waals surface area contributed by atoms with Gasteiger partial charge in [-0.15, -0.1) is 0 Å². The van der Waals surface area contributed by atoms with Crippen LogP contribution in [0.1, 0.15) is 34.1 Å². The molecule has 4 heteroatoms.